The number of ether oxygens (including phenoxy) is 1. The molecule has 1 heterocycles. The molecule has 3 aromatic rings. The molecule has 1 saturated carbocycles. The SMILES string of the molecule is COc1ccccc1C(=O)N(CC(=O)N(Cc1ccccc1)Cc1cccn1C)C1CC1. The van der Waals surface area contributed by atoms with Crippen LogP contribution in [-0.4, -0.2) is 45.9 Å². The maximum atomic E-state index is 13.5. The van der Waals surface area contributed by atoms with E-state index in [0.717, 1.165) is 24.1 Å². The zero-order valence-corrected chi connectivity index (χ0v) is 18.6. The van der Waals surface area contributed by atoms with Gasteiger partial charge in [0.1, 0.15) is 12.3 Å². The van der Waals surface area contributed by atoms with Crippen molar-refractivity contribution in [3.63, 3.8) is 0 Å². The lowest BCUT2D eigenvalue weighted by atomic mass is 10.1. The number of carbonyl (C=O) groups is 2. The molecule has 6 nitrogen and oxygen atoms in total. The second-order valence-corrected chi connectivity index (χ2v) is 8.21. The number of methoxy groups -OCH3 is 1. The fourth-order valence-corrected chi connectivity index (χ4v) is 3.87. The quantitative estimate of drug-likeness (QED) is 0.517. The van der Waals surface area contributed by atoms with E-state index in [1.54, 1.807) is 24.1 Å². The van der Waals surface area contributed by atoms with E-state index in [1.807, 2.05) is 77.3 Å². The molecular weight excluding hydrogens is 402 g/mol. The predicted molar refractivity (Wildman–Crippen MR) is 123 cm³/mol. The second-order valence-electron chi connectivity index (χ2n) is 8.21. The Balaban J connectivity index is 1.56. The van der Waals surface area contributed by atoms with Gasteiger partial charge in [0.25, 0.3) is 5.91 Å². The molecular formula is C26H29N3O3. The van der Waals surface area contributed by atoms with Crippen molar-refractivity contribution in [2.24, 2.45) is 7.05 Å². The number of hydrogen-bond acceptors (Lipinski definition) is 3. The number of nitrogens with zero attached hydrogens (tertiary/aromatic N) is 3. The topological polar surface area (TPSA) is 54.8 Å². The van der Waals surface area contributed by atoms with Crippen LogP contribution in [0.1, 0.15) is 34.5 Å². The maximum Gasteiger partial charge on any atom is 0.258 e. The van der Waals surface area contributed by atoms with Crippen LogP contribution in [0.25, 0.3) is 0 Å². The molecule has 1 aliphatic rings. The second kappa shape index (κ2) is 9.73. The van der Waals surface area contributed by atoms with E-state index in [-0.39, 0.29) is 24.4 Å². The van der Waals surface area contributed by atoms with Crippen LogP contribution >= 0.6 is 0 Å². The van der Waals surface area contributed by atoms with Gasteiger partial charge in [-0.05, 0) is 42.7 Å². The lowest BCUT2D eigenvalue weighted by Gasteiger charge is -2.28. The standard InChI is InChI=1S/C26H29N3O3/c1-27-16-8-11-22(27)18-28(17-20-9-4-3-5-10-20)25(30)19-29(21-14-15-21)26(31)23-12-6-7-13-24(23)32-2/h3-13,16,21H,14-15,17-19H2,1-2H3. The third-order valence-electron chi connectivity index (χ3n) is 5.86. The third kappa shape index (κ3) is 5.02. The summed E-state index contributed by atoms with van der Waals surface area (Å²) >= 11 is 0. The highest BCUT2D eigenvalue weighted by Gasteiger charge is 2.36. The summed E-state index contributed by atoms with van der Waals surface area (Å²) in [5.41, 5.74) is 2.60. The molecule has 0 aliphatic heterocycles. The minimum absolute atomic E-state index is 0.0544. The van der Waals surface area contributed by atoms with Gasteiger partial charge in [0.05, 0.1) is 19.2 Å². The number of amides is 2. The van der Waals surface area contributed by atoms with Crippen molar-refractivity contribution in [2.75, 3.05) is 13.7 Å². The van der Waals surface area contributed by atoms with Gasteiger partial charge in [-0.25, -0.2) is 0 Å². The molecule has 0 spiro atoms. The molecule has 1 fully saturated rings. The van der Waals surface area contributed by atoms with Gasteiger partial charge in [0.2, 0.25) is 5.91 Å². The van der Waals surface area contributed by atoms with Crippen molar-refractivity contribution < 1.29 is 14.3 Å². The first-order valence-corrected chi connectivity index (χ1v) is 10.9. The normalized spacial score (nSPS) is 12.9. The molecule has 0 bridgehead atoms. The number of para-hydroxylation sites is 1. The van der Waals surface area contributed by atoms with Crippen LogP contribution in [0.2, 0.25) is 0 Å². The first kappa shape index (κ1) is 21.7. The number of benzene rings is 2. The van der Waals surface area contributed by atoms with Gasteiger partial charge in [-0.15, -0.1) is 0 Å². The van der Waals surface area contributed by atoms with Crippen molar-refractivity contribution in [3.8, 4) is 5.75 Å². The van der Waals surface area contributed by atoms with Crippen LogP contribution in [0.15, 0.2) is 72.9 Å². The Morgan fingerprint density at radius 3 is 2.34 bits per heavy atom. The van der Waals surface area contributed by atoms with Crippen LogP contribution in [0.5, 0.6) is 5.75 Å². The summed E-state index contributed by atoms with van der Waals surface area (Å²) in [5, 5.41) is 0. The zero-order chi connectivity index (χ0) is 22.5. The van der Waals surface area contributed by atoms with Crippen LogP contribution in [-0.2, 0) is 24.9 Å². The Labute approximate surface area is 189 Å². The first-order chi connectivity index (χ1) is 15.6. The zero-order valence-electron chi connectivity index (χ0n) is 18.6. The van der Waals surface area contributed by atoms with Crippen molar-refractivity contribution >= 4 is 11.8 Å². The highest BCUT2D eigenvalue weighted by Crippen LogP contribution is 2.30. The Kier molecular flexibility index (Phi) is 6.59. The molecule has 0 N–H and O–H groups in total. The summed E-state index contributed by atoms with van der Waals surface area (Å²) in [6.45, 7) is 1.03. The first-order valence-electron chi connectivity index (χ1n) is 10.9. The molecule has 2 aromatic carbocycles. The molecule has 32 heavy (non-hydrogen) atoms. The van der Waals surface area contributed by atoms with Gasteiger partial charge in [0, 0.05) is 31.5 Å². The number of rotatable bonds is 9. The van der Waals surface area contributed by atoms with E-state index in [4.69, 9.17) is 4.74 Å². The van der Waals surface area contributed by atoms with Crippen LogP contribution in [0.3, 0.4) is 0 Å². The molecule has 1 aromatic heterocycles. The number of carbonyl (C=O) groups excluding carboxylic acids is 2. The van der Waals surface area contributed by atoms with Crippen LogP contribution in [0.4, 0.5) is 0 Å². The van der Waals surface area contributed by atoms with Gasteiger partial charge in [0.15, 0.2) is 0 Å². The van der Waals surface area contributed by atoms with Crippen molar-refractivity contribution in [1.29, 1.82) is 0 Å². The monoisotopic (exact) mass is 431 g/mol. The summed E-state index contributed by atoms with van der Waals surface area (Å²) in [7, 11) is 3.53. The van der Waals surface area contributed by atoms with Crippen molar-refractivity contribution in [3.05, 3.63) is 89.7 Å². The molecule has 0 unspecified atom stereocenters. The maximum absolute atomic E-state index is 13.5. The van der Waals surface area contributed by atoms with Crippen molar-refractivity contribution in [2.45, 2.75) is 32.0 Å². The summed E-state index contributed by atoms with van der Waals surface area (Å²) in [6, 6.07) is 21.2. The van der Waals surface area contributed by atoms with Gasteiger partial charge in [-0.3, -0.25) is 9.59 Å². The van der Waals surface area contributed by atoms with E-state index in [1.165, 1.54) is 0 Å². The van der Waals surface area contributed by atoms with Crippen LogP contribution < -0.4 is 4.74 Å². The van der Waals surface area contributed by atoms with Crippen molar-refractivity contribution in [1.82, 2.24) is 14.4 Å². The Bertz CT molecular complexity index is 1070. The van der Waals surface area contributed by atoms with Gasteiger partial charge in [-0.1, -0.05) is 42.5 Å². The highest BCUT2D eigenvalue weighted by atomic mass is 16.5. The molecule has 166 valence electrons. The fourth-order valence-electron chi connectivity index (χ4n) is 3.87. The average molecular weight is 432 g/mol. The third-order valence-corrected chi connectivity index (χ3v) is 5.86. The Hall–Kier alpha value is -3.54. The average Bonchev–Trinajstić information content (AvgIpc) is 3.59. The Morgan fingerprint density at radius 2 is 1.69 bits per heavy atom. The minimum Gasteiger partial charge on any atom is -0.496 e. The molecule has 6 heteroatoms. The molecule has 0 radical (unpaired) electrons. The predicted octanol–water partition coefficient (Wildman–Crippen LogP) is 3.87. The number of hydrogen-bond donors (Lipinski definition) is 0. The van der Waals surface area contributed by atoms with E-state index >= 15 is 0 Å². The molecule has 4 rings (SSSR count). The summed E-state index contributed by atoms with van der Waals surface area (Å²) < 4.78 is 7.40. The van der Waals surface area contributed by atoms with Gasteiger partial charge < -0.3 is 19.1 Å². The van der Waals surface area contributed by atoms with Gasteiger partial charge >= 0.3 is 0 Å². The molecule has 0 saturated heterocycles. The Morgan fingerprint density at radius 1 is 0.969 bits per heavy atom. The summed E-state index contributed by atoms with van der Waals surface area (Å²) in [6.07, 6.45) is 3.82. The van der Waals surface area contributed by atoms with E-state index in [0.29, 0.717) is 24.4 Å². The van der Waals surface area contributed by atoms with Crippen LogP contribution in [0, 0.1) is 0 Å². The van der Waals surface area contributed by atoms with E-state index < -0.39 is 0 Å². The lowest BCUT2D eigenvalue weighted by molar-refractivity contribution is -0.133. The molecule has 0 atom stereocenters. The van der Waals surface area contributed by atoms with Gasteiger partial charge in [-0.2, -0.15) is 0 Å². The number of aromatic nitrogens is 1. The summed E-state index contributed by atoms with van der Waals surface area (Å²) in [4.78, 5) is 30.4. The lowest BCUT2D eigenvalue weighted by Crippen LogP contribution is -2.43. The van der Waals surface area contributed by atoms with E-state index in [9.17, 15) is 9.59 Å². The fraction of sp³-hybridized carbons (Fsp3) is 0.308. The molecule has 1 aliphatic carbocycles. The highest BCUT2D eigenvalue weighted by molar-refractivity contribution is 5.99. The minimum atomic E-state index is -0.156. The number of aryl methyl sites for hydroxylation is 1. The largest absolute Gasteiger partial charge is 0.496 e. The molecule has 2 amide bonds. The summed E-state index contributed by atoms with van der Waals surface area (Å²) in [5.74, 6) is 0.308. The smallest absolute Gasteiger partial charge is 0.258 e. The van der Waals surface area contributed by atoms with E-state index in [2.05, 4.69) is 0 Å².